The predicted octanol–water partition coefficient (Wildman–Crippen LogP) is 1.25. The number of benzene rings is 1. The molecule has 0 radical (unpaired) electrons. The van der Waals surface area contributed by atoms with E-state index in [1.807, 2.05) is 0 Å². The molecule has 23 heavy (non-hydrogen) atoms. The zero-order chi connectivity index (χ0) is 15.8. The molecule has 1 N–H and O–H groups in total. The fourth-order valence-electron chi connectivity index (χ4n) is 2.45. The summed E-state index contributed by atoms with van der Waals surface area (Å²) in [7, 11) is 0. The molecule has 1 aromatic carbocycles. The molecular formula is C15H11N5O3. The third kappa shape index (κ3) is 2.30. The molecule has 8 nitrogen and oxygen atoms in total. The Balaban J connectivity index is 1.63. The summed E-state index contributed by atoms with van der Waals surface area (Å²) >= 11 is 0. The van der Waals surface area contributed by atoms with Crippen LogP contribution in [0.4, 0.5) is 16.2 Å². The molecular weight excluding hydrogens is 298 g/mol. The van der Waals surface area contributed by atoms with Crippen LogP contribution in [-0.2, 0) is 4.74 Å². The SMILES string of the molecule is O=C1O/C(=N/c2ccc(N3CCNC3=O)cc2)c2nccnc21. The average Bonchev–Trinajstić information content (AvgIpc) is 3.13. The summed E-state index contributed by atoms with van der Waals surface area (Å²) in [5.41, 5.74) is 1.87. The van der Waals surface area contributed by atoms with Gasteiger partial charge in [-0.25, -0.2) is 24.5 Å². The molecule has 0 bridgehead atoms. The number of amides is 2. The zero-order valence-corrected chi connectivity index (χ0v) is 11.9. The largest absolute Gasteiger partial charge is 0.400 e. The van der Waals surface area contributed by atoms with Gasteiger partial charge in [0, 0.05) is 31.2 Å². The Bertz CT molecular complexity index is 831. The van der Waals surface area contributed by atoms with Gasteiger partial charge in [-0.3, -0.25) is 4.90 Å². The van der Waals surface area contributed by atoms with Crippen LogP contribution in [0.2, 0.25) is 0 Å². The van der Waals surface area contributed by atoms with Crippen molar-refractivity contribution in [3.05, 3.63) is 48.0 Å². The van der Waals surface area contributed by atoms with Gasteiger partial charge in [0.15, 0.2) is 11.4 Å². The second-order valence-electron chi connectivity index (χ2n) is 4.96. The molecule has 1 aromatic heterocycles. The Kier molecular flexibility index (Phi) is 3.00. The molecule has 2 amide bonds. The van der Waals surface area contributed by atoms with Crippen molar-refractivity contribution in [2.24, 2.45) is 4.99 Å². The quantitative estimate of drug-likeness (QED) is 0.842. The summed E-state index contributed by atoms with van der Waals surface area (Å²) in [4.78, 5) is 37.3. The summed E-state index contributed by atoms with van der Waals surface area (Å²) in [6, 6.07) is 6.96. The number of urea groups is 1. The molecule has 1 saturated heterocycles. The lowest BCUT2D eigenvalue weighted by Gasteiger charge is -2.13. The first kappa shape index (κ1) is 13.4. The van der Waals surface area contributed by atoms with Crippen molar-refractivity contribution in [3.8, 4) is 0 Å². The molecule has 2 aromatic rings. The Morgan fingerprint density at radius 3 is 2.52 bits per heavy atom. The van der Waals surface area contributed by atoms with Crippen LogP contribution in [0.25, 0.3) is 0 Å². The van der Waals surface area contributed by atoms with Gasteiger partial charge in [0.1, 0.15) is 0 Å². The number of hydrogen-bond acceptors (Lipinski definition) is 6. The number of anilines is 1. The average molecular weight is 309 g/mol. The van der Waals surface area contributed by atoms with Gasteiger partial charge in [0.2, 0.25) is 0 Å². The highest BCUT2D eigenvalue weighted by Gasteiger charge is 2.30. The summed E-state index contributed by atoms with van der Waals surface area (Å²) < 4.78 is 5.09. The Hall–Kier alpha value is -3.29. The van der Waals surface area contributed by atoms with E-state index in [9.17, 15) is 9.59 Å². The Labute approximate surface area is 130 Å². The number of carbonyl (C=O) groups is 2. The minimum absolute atomic E-state index is 0.113. The van der Waals surface area contributed by atoms with E-state index >= 15 is 0 Å². The van der Waals surface area contributed by atoms with Gasteiger partial charge >= 0.3 is 12.0 Å². The number of aliphatic imine (C=N–C) groups is 1. The van der Waals surface area contributed by atoms with Crippen LogP contribution >= 0.6 is 0 Å². The van der Waals surface area contributed by atoms with Crippen LogP contribution in [-0.4, -0.2) is 41.0 Å². The van der Waals surface area contributed by atoms with Gasteiger partial charge < -0.3 is 10.1 Å². The van der Waals surface area contributed by atoms with Gasteiger partial charge in [-0.15, -0.1) is 0 Å². The summed E-state index contributed by atoms with van der Waals surface area (Å²) in [5.74, 6) is -0.429. The molecule has 0 atom stereocenters. The molecule has 0 unspecified atom stereocenters. The van der Waals surface area contributed by atoms with E-state index in [4.69, 9.17) is 4.74 Å². The van der Waals surface area contributed by atoms with Crippen molar-refractivity contribution >= 4 is 29.3 Å². The molecule has 4 rings (SSSR count). The lowest BCUT2D eigenvalue weighted by atomic mass is 10.2. The lowest BCUT2D eigenvalue weighted by molar-refractivity contribution is 0.0732. The first-order valence-corrected chi connectivity index (χ1v) is 7.00. The third-order valence-corrected chi connectivity index (χ3v) is 3.53. The van der Waals surface area contributed by atoms with Crippen LogP contribution in [0.1, 0.15) is 16.2 Å². The van der Waals surface area contributed by atoms with E-state index in [0.29, 0.717) is 24.5 Å². The fraction of sp³-hybridized carbons (Fsp3) is 0.133. The number of hydrogen-bond donors (Lipinski definition) is 1. The summed E-state index contributed by atoms with van der Waals surface area (Å²) in [6.45, 7) is 1.27. The van der Waals surface area contributed by atoms with E-state index in [2.05, 4.69) is 20.3 Å². The first-order chi connectivity index (χ1) is 11.2. The van der Waals surface area contributed by atoms with Crippen molar-refractivity contribution in [2.45, 2.75) is 0 Å². The second kappa shape index (κ2) is 5.16. The monoisotopic (exact) mass is 309 g/mol. The molecule has 2 aliphatic rings. The Morgan fingerprint density at radius 1 is 1.09 bits per heavy atom. The highest BCUT2D eigenvalue weighted by atomic mass is 16.5. The normalized spacial score (nSPS) is 18.1. The minimum atomic E-state index is -0.558. The Morgan fingerprint density at radius 2 is 1.83 bits per heavy atom. The van der Waals surface area contributed by atoms with Crippen LogP contribution in [0.3, 0.4) is 0 Å². The number of carbonyl (C=O) groups excluding carboxylic acids is 2. The smallest absolute Gasteiger partial charge is 0.366 e. The molecule has 0 saturated carbocycles. The van der Waals surface area contributed by atoms with Crippen LogP contribution < -0.4 is 10.2 Å². The maximum Gasteiger partial charge on any atom is 0.366 e. The lowest BCUT2D eigenvalue weighted by Crippen LogP contribution is -2.27. The van der Waals surface area contributed by atoms with E-state index < -0.39 is 5.97 Å². The van der Waals surface area contributed by atoms with E-state index in [0.717, 1.165) is 5.69 Å². The minimum Gasteiger partial charge on any atom is -0.400 e. The van der Waals surface area contributed by atoms with Gasteiger partial charge in [0.25, 0.3) is 5.90 Å². The number of cyclic esters (lactones) is 1. The molecule has 0 aliphatic carbocycles. The topological polar surface area (TPSA) is 96.8 Å². The van der Waals surface area contributed by atoms with E-state index in [-0.39, 0.29) is 17.6 Å². The van der Waals surface area contributed by atoms with E-state index in [1.165, 1.54) is 12.4 Å². The van der Waals surface area contributed by atoms with Crippen molar-refractivity contribution in [1.29, 1.82) is 0 Å². The number of aromatic nitrogens is 2. The number of esters is 1. The molecule has 0 spiro atoms. The standard InChI is InChI=1S/C15H11N5O3/c21-14-12-11(16-5-6-17-12)13(23-14)19-9-1-3-10(4-2-9)20-8-7-18-15(20)22/h1-6H,7-8H2,(H,18,22)/b19-13+. The van der Waals surface area contributed by atoms with Gasteiger partial charge in [-0.2, -0.15) is 0 Å². The fourth-order valence-corrected chi connectivity index (χ4v) is 2.45. The van der Waals surface area contributed by atoms with Crippen molar-refractivity contribution in [3.63, 3.8) is 0 Å². The molecule has 114 valence electrons. The molecule has 3 heterocycles. The number of rotatable bonds is 2. The summed E-state index contributed by atoms with van der Waals surface area (Å²) in [6.07, 6.45) is 2.91. The van der Waals surface area contributed by atoms with Crippen molar-refractivity contribution in [2.75, 3.05) is 18.0 Å². The number of fused-ring (bicyclic) bond motifs is 1. The highest BCUT2D eigenvalue weighted by Crippen LogP contribution is 2.24. The number of nitrogens with one attached hydrogen (secondary N) is 1. The number of nitrogens with zero attached hydrogens (tertiary/aromatic N) is 4. The van der Waals surface area contributed by atoms with Crippen molar-refractivity contribution < 1.29 is 14.3 Å². The summed E-state index contributed by atoms with van der Waals surface area (Å²) in [5, 5.41) is 2.74. The third-order valence-electron chi connectivity index (χ3n) is 3.53. The van der Waals surface area contributed by atoms with Gasteiger partial charge in [-0.1, -0.05) is 0 Å². The van der Waals surface area contributed by atoms with Gasteiger partial charge in [0.05, 0.1) is 5.69 Å². The second-order valence-corrected chi connectivity index (χ2v) is 4.96. The maximum absolute atomic E-state index is 11.7. The maximum atomic E-state index is 11.7. The van der Waals surface area contributed by atoms with Crippen LogP contribution in [0.5, 0.6) is 0 Å². The molecule has 2 aliphatic heterocycles. The molecule has 8 heteroatoms. The van der Waals surface area contributed by atoms with E-state index in [1.54, 1.807) is 29.2 Å². The van der Waals surface area contributed by atoms with Crippen LogP contribution in [0, 0.1) is 0 Å². The zero-order valence-electron chi connectivity index (χ0n) is 11.9. The van der Waals surface area contributed by atoms with Crippen LogP contribution in [0.15, 0.2) is 41.7 Å². The number of ether oxygens (including phenoxy) is 1. The highest BCUT2D eigenvalue weighted by molar-refractivity contribution is 6.15. The van der Waals surface area contributed by atoms with Gasteiger partial charge in [-0.05, 0) is 24.3 Å². The van der Waals surface area contributed by atoms with Crippen molar-refractivity contribution in [1.82, 2.24) is 15.3 Å². The first-order valence-electron chi connectivity index (χ1n) is 7.00. The molecule has 1 fully saturated rings. The predicted molar refractivity (Wildman–Crippen MR) is 80.8 cm³/mol.